The van der Waals surface area contributed by atoms with Crippen molar-refractivity contribution < 1.29 is 18.0 Å². The molecule has 0 atom stereocenters. The number of amides is 1. The highest BCUT2D eigenvalue weighted by atomic mass is 19.4. The standard InChI is InChI=1S/C26H17F3N6O/c1-17-4-5-19(13-18(17)6-8-21-15-31-24-3-2-10-32-35(21)24)25(36)33-20-7-9-23(34-12-11-30-16-34)22(14-20)26(27,28)29/h2-5,7,9-16H,1H3,(H,33,36). The van der Waals surface area contributed by atoms with E-state index < -0.39 is 17.6 Å². The van der Waals surface area contributed by atoms with Crippen molar-refractivity contribution in [2.24, 2.45) is 0 Å². The van der Waals surface area contributed by atoms with Gasteiger partial charge in [0.2, 0.25) is 0 Å². The molecule has 3 aromatic heterocycles. The van der Waals surface area contributed by atoms with Crippen molar-refractivity contribution >= 4 is 17.2 Å². The van der Waals surface area contributed by atoms with E-state index in [1.807, 2.05) is 6.92 Å². The van der Waals surface area contributed by atoms with Crippen molar-refractivity contribution in [1.29, 1.82) is 0 Å². The number of hydrogen-bond donors (Lipinski definition) is 1. The van der Waals surface area contributed by atoms with Crippen molar-refractivity contribution in [3.63, 3.8) is 0 Å². The SMILES string of the molecule is Cc1ccc(C(=O)Nc2ccc(-n3ccnc3)c(C(F)(F)F)c2)cc1C#Cc1cnc2cccnn12. The van der Waals surface area contributed by atoms with Crippen LogP contribution in [0.3, 0.4) is 0 Å². The van der Waals surface area contributed by atoms with Crippen LogP contribution in [0.25, 0.3) is 11.3 Å². The summed E-state index contributed by atoms with van der Waals surface area (Å²) in [7, 11) is 0. The van der Waals surface area contributed by atoms with E-state index in [0.717, 1.165) is 11.6 Å². The number of benzene rings is 2. The number of aryl methyl sites for hydroxylation is 1. The molecule has 7 nitrogen and oxygen atoms in total. The van der Waals surface area contributed by atoms with Gasteiger partial charge >= 0.3 is 6.18 Å². The molecule has 3 heterocycles. The molecule has 0 aliphatic rings. The molecule has 0 radical (unpaired) electrons. The maximum atomic E-state index is 13.7. The Labute approximate surface area is 203 Å². The van der Waals surface area contributed by atoms with Gasteiger partial charge in [-0.2, -0.15) is 18.3 Å². The lowest BCUT2D eigenvalue weighted by Gasteiger charge is -2.15. The zero-order valence-electron chi connectivity index (χ0n) is 18.8. The molecule has 5 rings (SSSR count). The van der Waals surface area contributed by atoms with Crippen LogP contribution in [0.15, 0.2) is 79.6 Å². The molecule has 0 bridgehead atoms. The summed E-state index contributed by atoms with van der Waals surface area (Å²) in [5.41, 5.74) is 1.96. The summed E-state index contributed by atoms with van der Waals surface area (Å²) in [6, 6.07) is 12.1. The van der Waals surface area contributed by atoms with Crippen LogP contribution in [0.5, 0.6) is 0 Å². The quantitative estimate of drug-likeness (QED) is 0.368. The van der Waals surface area contributed by atoms with Crippen molar-refractivity contribution in [3.05, 3.63) is 108 Å². The summed E-state index contributed by atoms with van der Waals surface area (Å²) in [4.78, 5) is 20.9. The number of aromatic nitrogens is 5. The van der Waals surface area contributed by atoms with E-state index in [2.05, 4.69) is 32.2 Å². The monoisotopic (exact) mass is 486 g/mol. The molecule has 0 unspecified atom stereocenters. The van der Waals surface area contributed by atoms with E-state index in [-0.39, 0.29) is 16.9 Å². The summed E-state index contributed by atoms with van der Waals surface area (Å²) in [6.07, 6.45) is 2.69. The summed E-state index contributed by atoms with van der Waals surface area (Å²) in [5.74, 6) is 5.48. The van der Waals surface area contributed by atoms with Gasteiger partial charge in [-0.15, -0.1) is 0 Å². The number of fused-ring (bicyclic) bond motifs is 1. The van der Waals surface area contributed by atoms with Gasteiger partial charge in [-0.05, 0) is 60.9 Å². The lowest BCUT2D eigenvalue weighted by Crippen LogP contribution is -2.15. The van der Waals surface area contributed by atoms with Gasteiger partial charge in [0.05, 0.1) is 23.8 Å². The first-order valence-electron chi connectivity index (χ1n) is 10.7. The van der Waals surface area contributed by atoms with Gasteiger partial charge in [-0.3, -0.25) is 4.79 Å². The molecule has 0 aliphatic heterocycles. The van der Waals surface area contributed by atoms with Crippen molar-refractivity contribution in [2.45, 2.75) is 13.1 Å². The molecule has 2 aromatic carbocycles. The number of alkyl halides is 3. The lowest BCUT2D eigenvalue weighted by atomic mass is 10.0. The van der Waals surface area contributed by atoms with Gasteiger partial charge < -0.3 is 9.88 Å². The minimum atomic E-state index is -4.63. The topological polar surface area (TPSA) is 77.1 Å². The number of carbonyl (C=O) groups excluding carboxylic acids is 1. The van der Waals surface area contributed by atoms with E-state index in [0.29, 0.717) is 16.9 Å². The van der Waals surface area contributed by atoms with Crippen molar-refractivity contribution in [3.8, 4) is 17.5 Å². The predicted octanol–water partition coefficient (Wildman–Crippen LogP) is 4.89. The van der Waals surface area contributed by atoms with Gasteiger partial charge in [0, 0.05) is 35.4 Å². The third kappa shape index (κ3) is 4.54. The number of nitrogens with zero attached hydrogens (tertiary/aromatic N) is 5. The van der Waals surface area contributed by atoms with Crippen LogP contribution in [0.1, 0.15) is 32.7 Å². The number of hydrogen-bond acceptors (Lipinski definition) is 4. The number of rotatable bonds is 3. The maximum Gasteiger partial charge on any atom is 0.418 e. The van der Waals surface area contributed by atoms with Gasteiger partial charge in [-0.1, -0.05) is 12.0 Å². The molecule has 0 saturated carbocycles. The average molecular weight is 486 g/mol. The first kappa shape index (κ1) is 22.9. The first-order valence-corrected chi connectivity index (χ1v) is 10.7. The average Bonchev–Trinajstić information content (AvgIpc) is 3.53. The number of anilines is 1. The molecular weight excluding hydrogens is 469 g/mol. The molecule has 36 heavy (non-hydrogen) atoms. The first-order chi connectivity index (χ1) is 17.3. The van der Waals surface area contributed by atoms with Crippen LogP contribution in [0.4, 0.5) is 18.9 Å². The minimum Gasteiger partial charge on any atom is -0.322 e. The van der Waals surface area contributed by atoms with Gasteiger partial charge in [-0.25, -0.2) is 14.5 Å². The third-order valence-corrected chi connectivity index (χ3v) is 5.45. The molecule has 0 aliphatic carbocycles. The Morgan fingerprint density at radius 2 is 1.92 bits per heavy atom. The second-order valence-electron chi connectivity index (χ2n) is 7.87. The Morgan fingerprint density at radius 1 is 1.06 bits per heavy atom. The van der Waals surface area contributed by atoms with E-state index in [1.165, 1.54) is 35.4 Å². The Bertz CT molecular complexity index is 1640. The molecule has 5 aromatic rings. The predicted molar refractivity (Wildman–Crippen MR) is 127 cm³/mol. The summed E-state index contributed by atoms with van der Waals surface area (Å²) in [5, 5.41) is 6.77. The maximum absolute atomic E-state index is 13.7. The highest BCUT2D eigenvalue weighted by Gasteiger charge is 2.34. The molecule has 0 spiro atoms. The van der Waals surface area contributed by atoms with Gasteiger partial charge in [0.15, 0.2) is 5.65 Å². The van der Waals surface area contributed by atoms with Crippen molar-refractivity contribution in [2.75, 3.05) is 5.32 Å². The minimum absolute atomic E-state index is 0.0150. The zero-order chi connectivity index (χ0) is 25.3. The molecule has 178 valence electrons. The second-order valence-corrected chi connectivity index (χ2v) is 7.87. The molecule has 0 saturated heterocycles. The van der Waals surface area contributed by atoms with Crippen LogP contribution in [0.2, 0.25) is 0 Å². The number of imidazole rings is 2. The van der Waals surface area contributed by atoms with E-state index in [9.17, 15) is 18.0 Å². The summed E-state index contributed by atoms with van der Waals surface area (Å²) >= 11 is 0. The Balaban J connectivity index is 1.42. The fourth-order valence-electron chi connectivity index (χ4n) is 3.61. The Kier molecular flexibility index (Phi) is 5.74. The second kappa shape index (κ2) is 9.03. The van der Waals surface area contributed by atoms with Crippen LogP contribution >= 0.6 is 0 Å². The fraction of sp³-hybridized carbons (Fsp3) is 0.0769. The smallest absolute Gasteiger partial charge is 0.322 e. The lowest BCUT2D eigenvalue weighted by molar-refractivity contribution is -0.137. The Hall–Kier alpha value is -4.91. The number of carbonyl (C=O) groups is 1. The van der Waals surface area contributed by atoms with Crippen LogP contribution in [-0.2, 0) is 6.18 Å². The largest absolute Gasteiger partial charge is 0.418 e. The van der Waals surface area contributed by atoms with E-state index in [4.69, 9.17) is 0 Å². The van der Waals surface area contributed by atoms with Gasteiger partial charge in [0.25, 0.3) is 5.91 Å². The normalized spacial score (nSPS) is 11.2. The van der Waals surface area contributed by atoms with Gasteiger partial charge in [0.1, 0.15) is 5.69 Å². The molecule has 1 N–H and O–H groups in total. The molecule has 0 fully saturated rings. The highest BCUT2D eigenvalue weighted by molar-refractivity contribution is 6.04. The Morgan fingerprint density at radius 3 is 2.69 bits per heavy atom. The molecule has 1 amide bonds. The van der Waals surface area contributed by atoms with Crippen LogP contribution < -0.4 is 5.32 Å². The number of nitrogens with one attached hydrogen (secondary N) is 1. The van der Waals surface area contributed by atoms with E-state index >= 15 is 0 Å². The van der Waals surface area contributed by atoms with Crippen molar-refractivity contribution in [1.82, 2.24) is 24.1 Å². The molecular formula is C26H17F3N6O. The zero-order valence-corrected chi connectivity index (χ0v) is 18.8. The summed E-state index contributed by atoms with van der Waals surface area (Å²) in [6.45, 7) is 1.85. The van der Waals surface area contributed by atoms with E-state index in [1.54, 1.807) is 47.2 Å². The van der Waals surface area contributed by atoms with Crippen LogP contribution in [0, 0.1) is 18.8 Å². The fourth-order valence-corrected chi connectivity index (χ4v) is 3.61. The third-order valence-electron chi connectivity index (χ3n) is 5.45. The summed E-state index contributed by atoms with van der Waals surface area (Å²) < 4.78 is 44.0. The van der Waals surface area contributed by atoms with Crippen LogP contribution in [-0.4, -0.2) is 30.1 Å². The highest BCUT2D eigenvalue weighted by Crippen LogP contribution is 2.35. The number of halogens is 3. The molecule has 10 heteroatoms.